The number of hydrogen-bond acceptors (Lipinski definition) is 3. The Hall–Kier alpha value is -0.490. The summed E-state index contributed by atoms with van der Waals surface area (Å²) in [4.78, 5) is 0. The Bertz CT molecular complexity index is 346. The number of rotatable bonds is 5. The van der Waals surface area contributed by atoms with Gasteiger partial charge in [-0.05, 0) is 6.42 Å². The van der Waals surface area contributed by atoms with E-state index in [2.05, 4.69) is 15.9 Å². The molecule has 3 N–H and O–H groups in total. The highest BCUT2D eigenvalue weighted by Gasteiger charge is 2.22. The van der Waals surface area contributed by atoms with Crippen LogP contribution in [0.4, 0.5) is 4.39 Å². The van der Waals surface area contributed by atoms with Crippen LogP contribution in [-0.2, 0) is 6.61 Å². The third kappa shape index (κ3) is 3.01. The highest BCUT2D eigenvalue weighted by atomic mass is 79.9. The molecule has 0 spiro atoms. The second kappa shape index (κ2) is 6.30. The Morgan fingerprint density at radius 2 is 2.00 bits per heavy atom. The van der Waals surface area contributed by atoms with Gasteiger partial charge in [-0.15, -0.1) is 0 Å². The monoisotopic (exact) mass is 292 g/mol. The van der Waals surface area contributed by atoms with Gasteiger partial charge in [-0.2, -0.15) is 0 Å². The molecule has 0 aliphatic heterocycles. The Morgan fingerprint density at radius 3 is 2.56 bits per heavy atom. The summed E-state index contributed by atoms with van der Waals surface area (Å²) < 4.78 is 13.7. The molecule has 3 nitrogen and oxygen atoms in total. The molecule has 1 aromatic rings. The van der Waals surface area contributed by atoms with E-state index in [0.717, 1.165) is 0 Å². The number of alkyl halides is 1. The van der Waals surface area contributed by atoms with Gasteiger partial charge in [-0.3, -0.25) is 0 Å². The molecule has 0 amide bonds. The quantitative estimate of drug-likeness (QED) is 0.721. The lowest BCUT2D eigenvalue weighted by Gasteiger charge is -2.18. The van der Waals surface area contributed by atoms with Crippen LogP contribution in [0.3, 0.4) is 0 Å². The fourth-order valence-electron chi connectivity index (χ4n) is 1.43. The van der Waals surface area contributed by atoms with Crippen LogP contribution < -0.4 is 0 Å². The fraction of sp³-hybridized carbons (Fsp3) is 0.455. The van der Waals surface area contributed by atoms with Crippen LogP contribution in [0.5, 0.6) is 0 Å². The Balaban J connectivity index is 2.94. The first-order valence-electron chi connectivity index (χ1n) is 4.92. The molecule has 0 radical (unpaired) electrons. The molecule has 2 unspecified atom stereocenters. The average molecular weight is 293 g/mol. The van der Waals surface area contributed by atoms with Gasteiger partial charge in [0.15, 0.2) is 0 Å². The number of aliphatic hydroxyl groups excluding tert-OH is 3. The number of benzene rings is 1. The van der Waals surface area contributed by atoms with Gasteiger partial charge in [-0.25, -0.2) is 4.39 Å². The van der Waals surface area contributed by atoms with Crippen molar-refractivity contribution in [2.75, 3.05) is 5.33 Å². The van der Waals surface area contributed by atoms with Crippen molar-refractivity contribution >= 4 is 15.9 Å². The standard InChI is InChI=1S/C11H14BrFO3/c12-5-4-9(15)11(16)8-3-1-2-7(6-14)10(8)13/h1-3,9,11,14-16H,4-6H2. The van der Waals surface area contributed by atoms with Crippen molar-refractivity contribution in [1.82, 2.24) is 0 Å². The molecule has 0 saturated carbocycles. The van der Waals surface area contributed by atoms with Crippen molar-refractivity contribution in [2.24, 2.45) is 0 Å². The van der Waals surface area contributed by atoms with Crippen molar-refractivity contribution < 1.29 is 19.7 Å². The van der Waals surface area contributed by atoms with E-state index in [9.17, 15) is 14.6 Å². The molecular weight excluding hydrogens is 279 g/mol. The molecule has 0 bridgehead atoms. The first-order chi connectivity index (χ1) is 7.61. The minimum absolute atomic E-state index is 0.0139. The predicted octanol–water partition coefficient (Wildman–Crippen LogP) is 1.50. The fourth-order valence-corrected chi connectivity index (χ4v) is 1.90. The molecule has 0 aliphatic carbocycles. The van der Waals surface area contributed by atoms with Crippen LogP contribution in [0.2, 0.25) is 0 Å². The predicted molar refractivity (Wildman–Crippen MR) is 61.7 cm³/mol. The average Bonchev–Trinajstić information content (AvgIpc) is 2.29. The van der Waals surface area contributed by atoms with E-state index in [0.29, 0.717) is 11.8 Å². The summed E-state index contributed by atoms with van der Waals surface area (Å²) in [7, 11) is 0. The molecule has 1 aromatic carbocycles. The SMILES string of the molecule is OCc1cccc(C(O)C(O)CCBr)c1F. The number of aliphatic hydroxyl groups is 3. The second-order valence-corrected chi connectivity index (χ2v) is 4.26. The minimum atomic E-state index is -1.27. The van der Waals surface area contributed by atoms with Crippen molar-refractivity contribution in [3.8, 4) is 0 Å². The summed E-state index contributed by atoms with van der Waals surface area (Å²) in [6, 6.07) is 4.37. The van der Waals surface area contributed by atoms with Crippen molar-refractivity contribution in [1.29, 1.82) is 0 Å². The van der Waals surface area contributed by atoms with E-state index in [1.165, 1.54) is 18.2 Å². The van der Waals surface area contributed by atoms with Crippen LogP contribution in [0.15, 0.2) is 18.2 Å². The zero-order valence-electron chi connectivity index (χ0n) is 8.61. The lowest BCUT2D eigenvalue weighted by Crippen LogP contribution is -2.20. The zero-order chi connectivity index (χ0) is 12.1. The van der Waals surface area contributed by atoms with Gasteiger partial charge in [0.1, 0.15) is 11.9 Å². The summed E-state index contributed by atoms with van der Waals surface area (Å²) in [6.45, 7) is -0.430. The first kappa shape index (κ1) is 13.6. The zero-order valence-corrected chi connectivity index (χ0v) is 10.2. The lowest BCUT2D eigenvalue weighted by atomic mass is 10.00. The summed E-state index contributed by atoms with van der Waals surface area (Å²) in [5.74, 6) is -0.661. The van der Waals surface area contributed by atoms with Gasteiger partial charge >= 0.3 is 0 Å². The summed E-state index contributed by atoms with van der Waals surface area (Å²) in [5, 5.41) is 28.7. The highest BCUT2D eigenvalue weighted by molar-refractivity contribution is 9.09. The topological polar surface area (TPSA) is 60.7 Å². The molecule has 0 heterocycles. The van der Waals surface area contributed by atoms with Crippen molar-refractivity contribution in [3.05, 3.63) is 35.1 Å². The van der Waals surface area contributed by atoms with Gasteiger partial charge in [-0.1, -0.05) is 34.1 Å². The molecule has 0 fully saturated rings. The molecule has 0 saturated heterocycles. The van der Waals surface area contributed by atoms with Gasteiger partial charge < -0.3 is 15.3 Å². The normalized spacial score (nSPS) is 14.8. The largest absolute Gasteiger partial charge is 0.392 e. The van der Waals surface area contributed by atoms with Crippen LogP contribution >= 0.6 is 15.9 Å². The molecule has 90 valence electrons. The van der Waals surface area contributed by atoms with Gasteiger partial charge in [0, 0.05) is 16.5 Å². The van der Waals surface area contributed by atoms with Gasteiger partial charge in [0.25, 0.3) is 0 Å². The maximum absolute atomic E-state index is 13.7. The molecule has 1 rings (SSSR count). The van der Waals surface area contributed by atoms with Crippen LogP contribution in [0, 0.1) is 5.82 Å². The summed E-state index contributed by atoms with van der Waals surface area (Å²) in [6.07, 6.45) is -1.98. The van der Waals surface area contributed by atoms with E-state index in [-0.39, 0.29) is 11.1 Å². The van der Waals surface area contributed by atoms with E-state index < -0.39 is 24.6 Å². The Morgan fingerprint density at radius 1 is 1.31 bits per heavy atom. The molecule has 16 heavy (non-hydrogen) atoms. The molecular formula is C11H14BrFO3. The molecule has 0 aliphatic rings. The molecule has 2 atom stereocenters. The third-order valence-electron chi connectivity index (χ3n) is 2.37. The van der Waals surface area contributed by atoms with Gasteiger partial charge in [0.05, 0.1) is 12.7 Å². The second-order valence-electron chi connectivity index (χ2n) is 3.47. The van der Waals surface area contributed by atoms with Crippen LogP contribution in [-0.4, -0.2) is 26.8 Å². The maximum atomic E-state index is 13.7. The number of hydrogen-bond donors (Lipinski definition) is 3. The smallest absolute Gasteiger partial charge is 0.134 e. The van der Waals surface area contributed by atoms with Crippen molar-refractivity contribution in [3.63, 3.8) is 0 Å². The van der Waals surface area contributed by atoms with E-state index in [1.807, 2.05) is 0 Å². The molecule has 5 heteroatoms. The lowest BCUT2D eigenvalue weighted by molar-refractivity contribution is 0.0151. The van der Waals surface area contributed by atoms with E-state index in [4.69, 9.17) is 5.11 Å². The van der Waals surface area contributed by atoms with E-state index >= 15 is 0 Å². The summed E-state index contributed by atoms with van der Waals surface area (Å²) >= 11 is 3.13. The van der Waals surface area contributed by atoms with Crippen molar-refractivity contribution in [2.45, 2.75) is 25.2 Å². The van der Waals surface area contributed by atoms with Gasteiger partial charge in [0.2, 0.25) is 0 Å². The highest BCUT2D eigenvalue weighted by Crippen LogP contribution is 2.24. The van der Waals surface area contributed by atoms with Crippen LogP contribution in [0.1, 0.15) is 23.7 Å². The Labute approximate surface area is 102 Å². The first-order valence-corrected chi connectivity index (χ1v) is 6.04. The Kier molecular flexibility index (Phi) is 5.34. The minimum Gasteiger partial charge on any atom is -0.392 e. The maximum Gasteiger partial charge on any atom is 0.134 e. The van der Waals surface area contributed by atoms with E-state index in [1.54, 1.807) is 0 Å². The molecule has 0 aromatic heterocycles. The van der Waals surface area contributed by atoms with Crippen LogP contribution in [0.25, 0.3) is 0 Å². The third-order valence-corrected chi connectivity index (χ3v) is 2.82. The summed E-state index contributed by atoms with van der Waals surface area (Å²) in [5.41, 5.74) is 0.127. The number of halogens is 2.